The van der Waals surface area contributed by atoms with Gasteiger partial charge in [-0.15, -0.1) is 0 Å². The Labute approximate surface area is 69.3 Å². The number of halogens is 3. The summed E-state index contributed by atoms with van der Waals surface area (Å²) in [5.41, 5.74) is 0. The van der Waals surface area contributed by atoms with Crippen molar-refractivity contribution in [3.8, 4) is 0 Å². The maximum Gasteiger partial charge on any atom is 0.399 e. The minimum Gasteiger partial charge on any atom is -0.481 e. The molecule has 1 N–H and O–H groups in total. The van der Waals surface area contributed by atoms with Crippen molar-refractivity contribution in [1.29, 1.82) is 0 Å². The fourth-order valence-corrected chi connectivity index (χ4v) is 1.25. The van der Waals surface area contributed by atoms with Crippen LogP contribution in [0, 0.1) is 22.0 Å². The average Bonchev–Trinajstić information content (AvgIpc) is 2.56. The summed E-state index contributed by atoms with van der Waals surface area (Å²) in [6.45, 7) is 0. The largest absolute Gasteiger partial charge is 0.481 e. The first-order valence-electron chi connectivity index (χ1n) is 3.20. The second-order valence-corrected chi connectivity index (χ2v) is 2.71. The van der Waals surface area contributed by atoms with Crippen molar-refractivity contribution < 1.29 is 28.0 Å². The normalized spacial score (nSPS) is 32.7. The van der Waals surface area contributed by atoms with Crippen molar-refractivity contribution in [1.82, 2.24) is 0 Å². The molecule has 0 saturated heterocycles. The summed E-state index contributed by atoms with van der Waals surface area (Å²) < 4.78 is 35.7. The molecule has 0 spiro atoms. The molecule has 1 fully saturated rings. The van der Waals surface area contributed by atoms with Crippen molar-refractivity contribution >= 4 is 5.97 Å². The van der Waals surface area contributed by atoms with Crippen molar-refractivity contribution in [2.75, 3.05) is 0 Å². The van der Waals surface area contributed by atoms with E-state index in [9.17, 15) is 28.1 Å². The Morgan fingerprint density at radius 2 is 1.92 bits per heavy atom. The average molecular weight is 199 g/mol. The van der Waals surface area contributed by atoms with Gasteiger partial charge >= 0.3 is 12.1 Å². The van der Waals surface area contributed by atoms with Crippen LogP contribution in [-0.2, 0) is 4.79 Å². The highest BCUT2D eigenvalue weighted by Gasteiger charge is 2.76. The molecule has 5 nitrogen and oxygen atoms in total. The molecule has 8 heteroatoms. The lowest BCUT2D eigenvalue weighted by atomic mass is 10.3. The second-order valence-electron chi connectivity index (χ2n) is 2.71. The van der Waals surface area contributed by atoms with Crippen LogP contribution in [-0.4, -0.2) is 28.2 Å². The number of alkyl halides is 3. The number of nitrogens with zero attached hydrogens (tertiary/aromatic N) is 1. The Bertz CT molecular complexity index is 243. The minimum atomic E-state index is -4.80. The van der Waals surface area contributed by atoms with Gasteiger partial charge in [0.05, 0.1) is 0 Å². The SMILES string of the molecule is O=C(O)C1C([N+](=O)[O-])C1C(F)(F)F. The van der Waals surface area contributed by atoms with E-state index in [2.05, 4.69) is 0 Å². The number of hydrogen-bond acceptors (Lipinski definition) is 3. The Hall–Kier alpha value is -1.34. The van der Waals surface area contributed by atoms with Crippen molar-refractivity contribution in [3.63, 3.8) is 0 Å². The maximum absolute atomic E-state index is 11.9. The van der Waals surface area contributed by atoms with Gasteiger partial charge in [0.2, 0.25) is 6.04 Å². The number of aliphatic carboxylic acids is 1. The molecular formula is C5H4F3NO4. The summed E-state index contributed by atoms with van der Waals surface area (Å²) in [6, 6.07) is -2.02. The van der Waals surface area contributed by atoms with Crippen LogP contribution in [0.5, 0.6) is 0 Å². The van der Waals surface area contributed by atoms with Gasteiger partial charge in [-0.1, -0.05) is 0 Å². The summed E-state index contributed by atoms with van der Waals surface area (Å²) in [6.07, 6.45) is -4.80. The van der Waals surface area contributed by atoms with Gasteiger partial charge in [-0.05, 0) is 0 Å². The monoisotopic (exact) mass is 199 g/mol. The molecule has 0 aliphatic heterocycles. The van der Waals surface area contributed by atoms with Crippen LogP contribution >= 0.6 is 0 Å². The topological polar surface area (TPSA) is 80.4 Å². The third-order valence-corrected chi connectivity index (χ3v) is 1.89. The van der Waals surface area contributed by atoms with Crippen molar-refractivity contribution in [3.05, 3.63) is 10.1 Å². The third kappa shape index (κ3) is 1.56. The lowest BCUT2D eigenvalue weighted by Gasteiger charge is -2.00. The molecule has 1 aliphatic carbocycles. The first-order valence-corrected chi connectivity index (χ1v) is 3.20. The fourth-order valence-electron chi connectivity index (χ4n) is 1.25. The first-order chi connectivity index (χ1) is 5.76. The summed E-state index contributed by atoms with van der Waals surface area (Å²) in [7, 11) is 0. The van der Waals surface area contributed by atoms with Gasteiger partial charge in [-0.25, -0.2) is 0 Å². The predicted octanol–water partition coefficient (Wildman–Crippen LogP) is 0.525. The summed E-state index contributed by atoms with van der Waals surface area (Å²) in [5, 5.41) is 18.2. The molecule has 0 heterocycles. The fraction of sp³-hybridized carbons (Fsp3) is 0.800. The van der Waals surface area contributed by atoms with E-state index in [4.69, 9.17) is 5.11 Å². The number of carbonyl (C=O) groups is 1. The number of carboxylic acid groups (broad SMARTS) is 1. The van der Waals surface area contributed by atoms with E-state index in [1.807, 2.05) is 0 Å². The van der Waals surface area contributed by atoms with Crippen molar-refractivity contribution in [2.45, 2.75) is 12.2 Å². The molecular weight excluding hydrogens is 195 g/mol. The predicted molar refractivity (Wildman–Crippen MR) is 31.5 cm³/mol. The molecule has 3 unspecified atom stereocenters. The highest BCUT2D eigenvalue weighted by molar-refractivity contribution is 5.75. The highest BCUT2D eigenvalue weighted by atomic mass is 19.4. The van der Waals surface area contributed by atoms with Gasteiger partial charge < -0.3 is 5.11 Å². The molecule has 0 aromatic heterocycles. The van der Waals surface area contributed by atoms with Gasteiger partial charge in [0.1, 0.15) is 11.8 Å². The van der Waals surface area contributed by atoms with Gasteiger partial charge in [0.25, 0.3) is 0 Å². The van der Waals surface area contributed by atoms with E-state index >= 15 is 0 Å². The van der Waals surface area contributed by atoms with E-state index in [0.717, 1.165) is 0 Å². The molecule has 74 valence electrons. The van der Waals surface area contributed by atoms with Crippen LogP contribution < -0.4 is 0 Å². The smallest absolute Gasteiger partial charge is 0.399 e. The number of rotatable bonds is 2. The van der Waals surface area contributed by atoms with E-state index in [1.165, 1.54) is 0 Å². The number of nitro groups is 1. The Balaban J connectivity index is 2.79. The van der Waals surface area contributed by atoms with Crippen LogP contribution in [0.15, 0.2) is 0 Å². The summed E-state index contributed by atoms with van der Waals surface area (Å²) in [5.74, 6) is -6.03. The molecule has 0 radical (unpaired) electrons. The lowest BCUT2D eigenvalue weighted by Crippen LogP contribution is -2.17. The Kier molecular flexibility index (Phi) is 1.93. The Morgan fingerprint density at radius 1 is 1.46 bits per heavy atom. The summed E-state index contributed by atoms with van der Waals surface area (Å²) in [4.78, 5) is 18.9. The molecule has 0 bridgehead atoms. The summed E-state index contributed by atoms with van der Waals surface area (Å²) >= 11 is 0. The zero-order chi connectivity index (χ0) is 10.4. The highest BCUT2D eigenvalue weighted by Crippen LogP contribution is 2.51. The minimum absolute atomic E-state index is 1.20. The molecule has 0 amide bonds. The van der Waals surface area contributed by atoms with Crippen molar-refractivity contribution in [2.24, 2.45) is 11.8 Å². The van der Waals surface area contributed by atoms with Gasteiger partial charge in [0, 0.05) is 4.92 Å². The second kappa shape index (κ2) is 2.57. The number of carboxylic acids is 1. The molecule has 1 saturated carbocycles. The van der Waals surface area contributed by atoms with E-state index in [0.29, 0.717) is 0 Å². The first kappa shape index (κ1) is 9.75. The molecule has 3 atom stereocenters. The standard InChI is InChI=1S/C5H4F3NO4/c6-5(7,8)2-1(4(10)11)3(2)9(12)13/h1-3H,(H,10,11). The quantitative estimate of drug-likeness (QED) is 0.519. The van der Waals surface area contributed by atoms with Gasteiger partial charge in [-0.2, -0.15) is 13.2 Å². The van der Waals surface area contributed by atoms with Crippen LogP contribution in [0.2, 0.25) is 0 Å². The molecule has 13 heavy (non-hydrogen) atoms. The van der Waals surface area contributed by atoms with E-state index in [-0.39, 0.29) is 0 Å². The van der Waals surface area contributed by atoms with Crippen LogP contribution in [0.1, 0.15) is 0 Å². The molecule has 1 aliphatic rings. The molecule has 0 aromatic rings. The lowest BCUT2D eigenvalue weighted by molar-refractivity contribution is -0.504. The van der Waals surface area contributed by atoms with E-state index in [1.54, 1.807) is 0 Å². The van der Waals surface area contributed by atoms with Crippen LogP contribution in [0.3, 0.4) is 0 Å². The zero-order valence-electron chi connectivity index (χ0n) is 5.99. The maximum atomic E-state index is 11.9. The molecule has 0 aromatic carbocycles. The number of hydrogen-bond donors (Lipinski definition) is 1. The van der Waals surface area contributed by atoms with Crippen LogP contribution in [0.25, 0.3) is 0 Å². The molecule has 1 rings (SSSR count). The zero-order valence-corrected chi connectivity index (χ0v) is 5.99. The van der Waals surface area contributed by atoms with E-state index < -0.39 is 34.9 Å². The third-order valence-electron chi connectivity index (χ3n) is 1.89. The van der Waals surface area contributed by atoms with Crippen LogP contribution in [0.4, 0.5) is 13.2 Å². The van der Waals surface area contributed by atoms with Gasteiger partial charge in [0.15, 0.2) is 0 Å². The van der Waals surface area contributed by atoms with Gasteiger partial charge in [-0.3, -0.25) is 14.9 Å². The Morgan fingerprint density at radius 3 is 2.00 bits per heavy atom.